The molecule has 0 aromatic heterocycles. The Labute approximate surface area is 151 Å². The molecule has 1 fully saturated rings. The summed E-state index contributed by atoms with van der Waals surface area (Å²) < 4.78 is 5.50. The van der Waals surface area contributed by atoms with Gasteiger partial charge >= 0.3 is 0 Å². The van der Waals surface area contributed by atoms with E-state index in [9.17, 15) is 9.59 Å². The number of hydrogen-bond donors (Lipinski definition) is 1. The molecule has 24 heavy (non-hydrogen) atoms. The lowest BCUT2D eigenvalue weighted by molar-refractivity contribution is -0.134. The molecule has 2 rings (SSSR count). The molecule has 5 nitrogen and oxygen atoms in total. The highest BCUT2D eigenvalue weighted by molar-refractivity contribution is 6.36. The minimum atomic E-state index is -0.114. The van der Waals surface area contributed by atoms with E-state index >= 15 is 0 Å². The van der Waals surface area contributed by atoms with Crippen molar-refractivity contribution in [3.05, 3.63) is 27.7 Å². The molecule has 1 saturated heterocycles. The molecule has 0 aliphatic carbocycles. The lowest BCUT2D eigenvalue weighted by Crippen LogP contribution is -2.46. The zero-order valence-electron chi connectivity index (χ0n) is 13.1. The monoisotopic (exact) mass is 368 g/mol. The van der Waals surface area contributed by atoms with Gasteiger partial charge in [0.25, 0.3) is 5.91 Å². The molecule has 0 radical (unpaired) electrons. The van der Waals surface area contributed by atoms with Gasteiger partial charge in [-0.15, -0.1) is 6.42 Å². The molecule has 1 aliphatic rings. The number of aldehydes is 1. The first-order chi connectivity index (χ1) is 11.5. The Kier molecular flexibility index (Phi) is 6.92. The number of carbonyl (C=O) groups excluding carboxylic acids is 2. The third-order valence-corrected chi connectivity index (χ3v) is 4.47. The van der Waals surface area contributed by atoms with Gasteiger partial charge < -0.3 is 19.7 Å². The molecule has 1 aliphatic heterocycles. The van der Waals surface area contributed by atoms with E-state index in [1.54, 1.807) is 11.0 Å². The van der Waals surface area contributed by atoms with Crippen LogP contribution in [0, 0.1) is 12.3 Å². The lowest BCUT2D eigenvalue weighted by atomic mass is 10.1. The van der Waals surface area contributed by atoms with Gasteiger partial charge in [0.1, 0.15) is 12.0 Å². The van der Waals surface area contributed by atoms with E-state index in [0.717, 1.165) is 19.1 Å². The fourth-order valence-corrected chi connectivity index (χ4v) is 3.02. The normalized spacial score (nSPS) is 15.0. The van der Waals surface area contributed by atoms with E-state index in [2.05, 4.69) is 11.2 Å². The van der Waals surface area contributed by atoms with Crippen molar-refractivity contribution in [1.29, 1.82) is 0 Å². The second-order valence-corrected chi connectivity index (χ2v) is 6.24. The number of terminal acetylenes is 1. The Morgan fingerprint density at radius 2 is 2.08 bits per heavy atom. The summed E-state index contributed by atoms with van der Waals surface area (Å²) in [6.45, 7) is 1.48. The van der Waals surface area contributed by atoms with Crippen LogP contribution in [-0.2, 0) is 9.59 Å². The van der Waals surface area contributed by atoms with Crippen LogP contribution in [0.15, 0.2) is 12.1 Å². The van der Waals surface area contributed by atoms with Gasteiger partial charge in [-0.25, -0.2) is 0 Å². The number of hydrogen-bond acceptors (Lipinski definition) is 4. The fraction of sp³-hybridized carbons (Fsp3) is 0.412. The maximum Gasteiger partial charge on any atom is 0.260 e. The van der Waals surface area contributed by atoms with Crippen LogP contribution in [0.5, 0.6) is 5.75 Å². The second-order valence-electron chi connectivity index (χ2n) is 5.43. The summed E-state index contributed by atoms with van der Waals surface area (Å²) >= 11 is 12.0. The predicted octanol–water partition coefficient (Wildman–Crippen LogP) is 2.13. The summed E-state index contributed by atoms with van der Waals surface area (Å²) in [5.41, 5.74) is 0.464. The van der Waals surface area contributed by atoms with Gasteiger partial charge in [0.15, 0.2) is 6.61 Å². The molecule has 1 amide bonds. The van der Waals surface area contributed by atoms with Gasteiger partial charge in [-0.2, -0.15) is 0 Å². The van der Waals surface area contributed by atoms with Crippen LogP contribution in [-0.4, -0.2) is 49.4 Å². The topological polar surface area (TPSA) is 58.6 Å². The summed E-state index contributed by atoms with van der Waals surface area (Å²) in [6, 6.07) is 3.32. The number of carbonyl (C=O) groups is 2. The number of nitrogens with one attached hydrogen (secondary N) is 1. The summed E-state index contributed by atoms with van der Waals surface area (Å²) in [6.07, 6.45) is 7.81. The van der Waals surface area contributed by atoms with Gasteiger partial charge in [0.2, 0.25) is 0 Å². The smallest absolute Gasteiger partial charge is 0.260 e. The summed E-state index contributed by atoms with van der Waals surface area (Å²) in [5.74, 6) is 2.66. The number of rotatable bonds is 6. The first-order valence-electron chi connectivity index (χ1n) is 7.58. The molecule has 1 aromatic carbocycles. The van der Waals surface area contributed by atoms with Crippen molar-refractivity contribution < 1.29 is 14.3 Å². The standard InChI is InChI=1S/C17H18Cl2N2O3/c1-2-12-9-16(15(19)10-14(12)18)24-11-17(23)21-6-3-13(4-7-21)20-5-8-22/h1,8-10,13,20H,3-7,11H2. The first-order valence-corrected chi connectivity index (χ1v) is 8.34. The van der Waals surface area contributed by atoms with Crippen LogP contribution in [0.25, 0.3) is 0 Å². The Balaban J connectivity index is 1.86. The van der Waals surface area contributed by atoms with Gasteiger partial charge in [-0.1, -0.05) is 29.1 Å². The molecule has 0 atom stereocenters. The molecular weight excluding hydrogens is 351 g/mol. The third kappa shape index (κ3) is 4.88. The largest absolute Gasteiger partial charge is 0.482 e. The molecule has 0 saturated carbocycles. The van der Waals surface area contributed by atoms with E-state index in [-0.39, 0.29) is 18.6 Å². The summed E-state index contributed by atoms with van der Waals surface area (Å²) in [7, 11) is 0. The molecular formula is C17H18Cl2N2O3. The lowest BCUT2D eigenvalue weighted by Gasteiger charge is -2.32. The number of piperidine rings is 1. The Morgan fingerprint density at radius 3 is 2.71 bits per heavy atom. The molecule has 1 N–H and O–H groups in total. The van der Waals surface area contributed by atoms with E-state index in [4.69, 9.17) is 34.4 Å². The Bertz CT molecular complexity index is 650. The highest BCUT2D eigenvalue weighted by atomic mass is 35.5. The van der Waals surface area contributed by atoms with Gasteiger partial charge in [0.05, 0.1) is 16.6 Å². The van der Waals surface area contributed by atoms with Gasteiger partial charge in [-0.3, -0.25) is 4.79 Å². The molecule has 128 valence electrons. The average Bonchev–Trinajstić information content (AvgIpc) is 2.59. The minimum absolute atomic E-state index is 0.113. The molecule has 1 heterocycles. The average molecular weight is 369 g/mol. The maximum absolute atomic E-state index is 12.2. The van der Waals surface area contributed by atoms with E-state index in [1.165, 1.54) is 6.07 Å². The van der Waals surface area contributed by atoms with Crippen LogP contribution in [0.3, 0.4) is 0 Å². The van der Waals surface area contributed by atoms with Gasteiger partial charge in [-0.05, 0) is 25.0 Å². The molecule has 0 bridgehead atoms. The van der Waals surface area contributed by atoms with Crippen LogP contribution < -0.4 is 10.1 Å². The van der Waals surface area contributed by atoms with Crippen molar-refractivity contribution in [2.24, 2.45) is 0 Å². The van der Waals surface area contributed by atoms with Crippen molar-refractivity contribution in [2.45, 2.75) is 18.9 Å². The van der Waals surface area contributed by atoms with Gasteiger partial charge in [0, 0.05) is 24.7 Å². The van der Waals surface area contributed by atoms with Crippen molar-refractivity contribution in [2.75, 3.05) is 26.2 Å². The second kappa shape index (κ2) is 8.93. The van der Waals surface area contributed by atoms with Crippen LogP contribution >= 0.6 is 23.2 Å². The molecule has 0 spiro atoms. The summed E-state index contributed by atoms with van der Waals surface area (Å²) in [4.78, 5) is 24.3. The number of likely N-dealkylation sites (tertiary alicyclic amines) is 1. The van der Waals surface area contributed by atoms with Crippen molar-refractivity contribution in [1.82, 2.24) is 10.2 Å². The van der Waals surface area contributed by atoms with Crippen molar-refractivity contribution >= 4 is 35.4 Å². The Morgan fingerprint density at radius 1 is 1.38 bits per heavy atom. The minimum Gasteiger partial charge on any atom is -0.482 e. The predicted molar refractivity (Wildman–Crippen MR) is 93.6 cm³/mol. The maximum atomic E-state index is 12.2. The molecule has 0 unspecified atom stereocenters. The van der Waals surface area contributed by atoms with E-state index in [1.807, 2.05) is 0 Å². The van der Waals surface area contributed by atoms with Crippen molar-refractivity contribution in [3.8, 4) is 18.1 Å². The van der Waals surface area contributed by atoms with Crippen LogP contribution in [0.4, 0.5) is 0 Å². The first kappa shape index (κ1) is 18.6. The highest BCUT2D eigenvalue weighted by Crippen LogP contribution is 2.30. The SMILES string of the molecule is C#Cc1cc(OCC(=O)N2CCC(NCC=O)CC2)c(Cl)cc1Cl. The van der Waals surface area contributed by atoms with Crippen molar-refractivity contribution in [3.63, 3.8) is 0 Å². The Hall–Kier alpha value is -1.74. The zero-order chi connectivity index (χ0) is 17.5. The number of ether oxygens (including phenoxy) is 1. The quantitative estimate of drug-likeness (QED) is 0.617. The number of amides is 1. The number of halogens is 2. The van der Waals surface area contributed by atoms with Crippen LogP contribution in [0.1, 0.15) is 18.4 Å². The fourth-order valence-electron chi connectivity index (χ4n) is 2.53. The number of benzene rings is 1. The zero-order valence-corrected chi connectivity index (χ0v) is 14.6. The third-order valence-electron chi connectivity index (χ3n) is 3.87. The molecule has 1 aromatic rings. The summed E-state index contributed by atoms with van der Waals surface area (Å²) in [5, 5.41) is 3.80. The van der Waals surface area contributed by atoms with Crippen LogP contribution in [0.2, 0.25) is 10.0 Å². The number of nitrogens with zero attached hydrogens (tertiary/aromatic N) is 1. The van der Waals surface area contributed by atoms with E-state index < -0.39 is 0 Å². The molecule has 7 heteroatoms. The highest BCUT2D eigenvalue weighted by Gasteiger charge is 2.22. The van der Waals surface area contributed by atoms with E-state index in [0.29, 0.717) is 41.0 Å².